The molecule has 6 heteroatoms. The van der Waals surface area contributed by atoms with E-state index in [0.29, 0.717) is 5.92 Å². The van der Waals surface area contributed by atoms with Crippen molar-refractivity contribution in [2.45, 2.75) is 51.7 Å². The molecule has 3 aromatic heterocycles. The molecular formula is C51H42N6. The van der Waals surface area contributed by atoms with Gasteiger partial charge in [-0.25, -0.2) is 4.99 Å². The predicted molar refractivity (Wildman–Crippen MR) is 237 cm³/mol. The molecule has 2 atom stereocenters. The molecule has 2 unspecified atom stereocenters. The van der Waals surface area contributed by atoms with Gasteiger partial charge in [0.2, 0.25) is 0 Å². The van der Waals surface area contributed by atoms with Crippen LogP contribution in [0.25, 0.3) is 73.2 Å². The van der Waals surface area contributed by atoms with Gasteiger partial charge in [-0.3, -0.25) is 4.99 Å². The lowest BCUT2D eigenvalue weighted by Crippen LogP contribution is -2.21. The monoisotopic (exact) mass is 738 g/mol. The first-order chi connectivity index (χ1) is 28.1. The molecule has 0 amide bonds. The molecule has 0 bridgehead atoms. The number of para-hydroxylation sites is 2. The fourth-order valence-electron chi connectivity index (χ4n) is 9.94. The van der Waals surface area contributed by atoms with Crippen LogP contribution in [-0.2, 0) is 19.4 Å². The number of hydrogen-bond acceptors (Lipinski definition) is 3. The van der Waals surface area contributed by atoms with Gasteiger partial charge in [-0.15, -0.1) is 0 Å². The number of allylic oxidation sites excluding steroid dienone is 3. The minimum Gasteiger partial charge on any atom is -0.332 e. The van der Waals surface area contributed by atoms with Crippen molar-refractivity contribution in [1.29, 1.82) is 0 Å². The number of fused-ring (bicyclic) bond motifs is 8. The van der Waals surface area contributed by atoms with Crippen molar-refractivity contribution in [3.8, 4) is 33.6 Å². The van der Waals surface area contributed by atoms with Gasteiger partial charge >= 0.3 is 0 Å². The SMILES string of the molecule is CC1C=Nc2cc(-c3cc(-c4cc(C5=CN6C=CC=NC6C5)cc(-n5c6c(c7ccccc75)C=CCC6)c4)cc(-n4c5c(c6ccccc64)CCC=C5)c3)cn2C1. The number of aryl methyl sites for hydroxylation is 1. The predicted octanol–water partition coefficient (Wildman–Crippen LogP) is 12.0. The lowest BCUT2D eigenvalue weighted by Gasteiger charge is -2.19. The van der Waals surface area contributed by atoms with Gasteiger partial charge < -0.3 is 18.6 Å². The maximum absolute atomic E-state index is 4.85. The molecule has 3 aliphatic heterocycles. The largest absolute Gasteiger partial charge is 0.332 e. The number of benzene rings is 4. The molecule has 7 aromatic rings. The number of aromatic nitrogens is 3. The molecule has 0 saturated carbocycles. The van der Waals surface area contributed by atoms with Crippen LogP contribution in [0.3, 0.4) is 0 Å². The van der Waals surface area contributed by atoms with Crippen LogP contribution >= 0.6 is 0 Å². The smallest absolute Gasteiger partial charge is 0.132 e. The highest BCUT2D eigenvalue weighted by Gasteiger charge is 2.27. The molecule has 0 spiro atoms. The molecule has 4 aromatic carbocycles. The second-order valence-electron chi connectivity index (χ2n) is 16.3. The van der Waals surface area contributed by atoms with Crippen LogP contribution in [0, 0.1) is 5.92 Å². The van der Waals surface area contributed by atoms with Gasteiger partial charge in [0.15, 0.2) is 0 Å². The van der Waals surface area contributed by atoms with Crippen molar-refractivity contribution in [1.82, 2.24) is 18.6 Å². The maximum atomic E-state index is 4.85. The fraction of sp³-hybridized carbons (Fsp3) is 0.176. The van der Waals surface area contributed by atoms with E-state index in [1.807, 2.05) is 12.3 Å². The summed E-state index contributed by atoms with van der Waals surface area (Å²) in [6.45, 7) is 3.17. The summed E-state index contributed by atoms with van der Waals surface area (Å²) in [5, 5.41) is 2.65. The third-order valence-corrected chi connectivity index (χ3v) is 12.6. The molecule has 6 heterocycles. The van der Waals surface area contributed by atoms with E-state index < -0.39 is 0 Å². The van der Waals surface area contributed by atoms with Gasteiger partial charge in [-0.2, -0.15) is 0 Å². The summed E-state index contributed by atoms with van der Waals surface area (Å²) in [5.41, 5.74) is 17.6. The Morgan fingerprint density at radius 3 is 2.28 bits per heavy atom. The fourth-order valence-corrected chi connectivity index (χ4v) is 9.94. The third kappa shape index (κ3) is 5.23. The Hall–Kier alpha value is -6.66. The van der Waals surface area contributed by atoms with Crippen molar-refractivity contribution in [2.24, 2.45) is 15.9 Å². The standard InChI is InChI=1S/C51H42N6/c1-33-29-53-51-28-39(32-55(51)30-33)37-22-35(24-41(26-37)57-48-17-8-4-13-44(48)45-14-5-9-18-49(45)57)34-21-36(38-27-50-52-19-10-20-54(50)31-38)25-40(23-34)56-46-15-6-2-11-42(46)43-12-3-7-16-47(43)56/h2-4,6,8-13,15,17-26,28-29,31-33,50H,5,7,14,16,27,30H2,1H3. The normalized spacial score (nSPS) is 19.0. The molecular weight excluding hydrogens is 697 g/mol. The number of rotatable bonds is 5. The molecule has 0 saturated heterocycles. The Morgan fingerprint density at radius 1 is 0.702 bits per heavy atom. The molecule has 6 nitrogen and oxygen atoms in total. The first kappa shape index (κ1) is 32.6. The summed E-state index contributed by atoms with van der Waals surface area (Å²) in [4.78, 5) is 11.9. The van der Waals surface area contributed by atoms with Crippen molar-refractivity contribution < 1.29 is 0 Å². The van der Waals surface area contributed by atoms with Crippen molar-refractivity contribution in [3.63, 3.8) is 0 Å². The first-order valence-corrected chi connectivity index (χ1v) is 20.5. The minimum atomic E-state index is 0.102. The van der Waals surface area contributed by atoms with E-state index in [9.17, 15) is 0 Å². The van der Waals surface area contributed by atoms with Gasteiger partial charge in [0.25, 0.3) is 0 Å². The van der Waals surface area contributed by atoms with Gasteiger partial charge in [-0.05, 0) is 126 Å². The number of aliphatic imine (C=N–C) groups is 2. The second-order valence-corrected chi connectivity index (χ2v) is 16.3. The van der Waals surface area contributed by atoms with Crippen LogP contribution in [0.1, 0.15) is 54.3 Å². The summed E-state index contributed by atoms with van der Waals surface area (Å²) >= 11 is 0. The van der Waals surface area contributed by atoms with E-state index in [1.54, 1.807) is 0 Å². The minimum absolute atomic E-state index is 0.102. The van der Waals surface area contributed by atoms with Crippen molar-refractivity contribution >= 4 is 57.8 Å². The van der Waals surface area contributed by atoms with Gasteiger partial charge in [0.05, 0.1) is 11.0 Å². The first-order valence-electron chi connectivity index (χ1n) is 20.5. The second kappa shape index (κ2) is 12.7. The Bertz CT molecular complexity index is 3010. The molecule has 276 valence electrons. The van der Waals surface area contributed by atoms with Crippen LogP contribution in [0.4, 0.5) is 5.82 Å². The Kier molecular flexibility index (Phi) is 7.25. The Labute approximate surface area is 332 Å². The number of nitrogens with zero attached hydrogens (tertiary/aromatic N) is 6. The van der Waals surface area contributed by atoms with Crippen LogP contribution in [0.5, 0.6) is 0 Å². The quantitative estimate of drug-likeness (QED) is 0.173. The molecule has 0 N–H and O–H groups in total. The van der Waals surface area contributed by atoms with E-state index in [1.165, 1.54) is 89.1 Å². The molecule has 57 heavy (non-hydrogen) atoms. The average molecular weight is 739 g/mol. The Balaban J connectivity index is 1.12. The van der Waals surface area contributed by atoms with E-state index >= 15 is 0 Å². The van der Waals surface area contributed by atoms with E-state index in [2.05, 4.69) is 166 Å². The topological polar surface area (TPSA) is 42.8 Å². The average Bonchev–Trinajstić information content (AvgIpc) is 4.04. The number of hydrogen-bond donors (Lipinski definition) is 0. The summed E-state index contributed by atoms with van der Waals surface area (Å²) in [5.74, 6) is 1.42. The Morgan fingerprint density at radius 2 is 1.42 bits per heavy atom. The van der Waals surface area contributed by atoms with E-state index in [0.717, 1.165) is 44.5 Å². The van der Waals surface area contributed by atoms with Crippen LogP contribution < -0.4 is 0 Å². The summed E-state index contributed by atoms with van der Waals surface area (Å²) in [7, 11) is 0. The van der Waals surface area contributed by atoms with E-state index in [4.69, 9.17) is 9.98 Å². The summed E-state index contributed by atoms with van der Waals surface area (Å²) < 4.78 is 7.35. The molecule has 5 aliphatic rings. The van der Waals surface area contributed by atoms with Crippen molar-refractivity contribution in [3.05, 3.63) is 156 Å². The molecule has 2 aliphatic carbocycles. The molecule has 0 radical (unpaired) electrons. The van der Waals surface area contributed by atoms with Crippen molar-refractivity contribution in [2.75, 3.05) is 0 Å². The highest BCUT2D eigenvalue weighted by molar-refractivity contribution is 5.95. The van der Waals surface area contributed by atoms with Crippen LogP contribution in [-0.4, -0.2) is 37.2 Å². The van der Waals surface area contributed by atoms with Gasteiger partial charge in [0.1, 0.15) is 12.0 Å². The maximum Gasteiger partial charge on any atom is 0.132 e. The zero-order chi connectivity index (χ0) is 37.6. The highest BCUT2D eigenvalue weighted by Crippen LogP contribution is 2.42. The molecule has 12 rings (SSSR count). The summed E-state index contributed by atoms with van der Waals surface area (Å²) in [6.07, 6.45) is 27.3. The van der Waals surface area contributed by atoms with Gasteiger partial charge in [0, 0.05) is 94.6 Å². The molecule has 0 fully saturated rings. The zero-order valence-corrected chi connectivity index (χ0v) is 32.0. The highest BCUT2D eigenvalue weighted by atomic mass is 15.2. The zero-order valence-electron chi connectivity index (χ0n) is 32.0. The lowest BCUT2D eigenvalue weighted by molar-refractivity contribution is 0.406. The van der Waals surface area contributed by atoms with Gasteiger partial charge in [-0.1, -0.05) is 61.5 Å². The lowest BCUT2D eigenvalue weighted by atomic mass is 9.94. The summed E-state index contributed by atoms with van der Waals surface area (Å²) in [6, 6.07) is 34.6. The van der Waals surface area contributed by atoms with Crippen LogP contribution in [0.15, 0.2) is 138 Å². The third-order valence-electron chi connectivity index (χ3n) is 12.6. The van der Waals surface area contributed by atoms with E-state index in [-0.39, 0.29) is 6.17 Å². The van der Waals surface area contributed by atoms with Crippen LogP contribution in [0.2, 0.25) is 0 Å².